The van der Waals surface area contributed by atoms with E-state index in [4.69, 9.17) is 20.9 Å². The molecule has 1 aromatic carbocycles. The SMILES string of the molecule is COc1c(N)c2c(c(N)c1OC)NN(O)C=C2. The number of nitrogens with two attached hydrogens (primary N) is 2. The molecule has 1 aliphatic heterocycles. The summed E-state index contributed by atoms with van der Waals surface area (Å²) in [6.45, 7) is 0. The van der Waals surface area contributed by atoms with E-state index in [-0.39, 0.29) is 0 Å². The minimum atomic E-state index is 0.317. The van der Waals surface area contributed by atoms with Gasteiger partial charge in [-0.05, 0) is 6.08 Å². The Morgan fingerprint density at radius 2 is 1.76 bits per heavy atom. The number of nitrogens with zero attached hydrogens (tertiary/aromatic N) is 1. The van der Waals surface area contributed by atoms with Crippen LogP contribution in [0, 0.1) is 0 Å². The number of nitrogen functional groups attached to an aromatic ring is 2. The maximum Gasteiger partial charge on any atom is 0.188 e. The number of hydrogen-bond donors (Lipinski definition) is 4. The van der Waals surface area contributed by atoms with Crippen molar-refractivity contribution in [1.82, 2.24) is 5.17 Å². The van der Waals surface area contributed by atoms with Crippen molar-refractivity contribution in [3.8, 4) is 11.5 Å². The molecule has 0 radical (unpaired) electrons. The van der Waals surface area contributed by atoms with E-state index in [9.17, 15) is 5.21 Å². The van der Waals surface area contributed by atoms with E-state index in [1.807, 2.05) is 0 Å². The Bertz CT molecular complexity index is 487. The third-order valence-electron chi connectivity index (χ3n) is 2.54. The lowest BCUT2D eigenvalue weighted by atomic mass is 10.1. The Morgan fingerprint density at radius 3 is 2.35 bits per heavy atom. The Morgan fingerprint density at radius 1 is 1.18 bits per heavy atom. The first-order chi connectivity index (χ1) is 8.10. The highest BCUT2D eigenvalue weighted by Gasteiger charge is 2.23. The molecule has 92 valence electrons. The molecule has 0 aromatic heterocycles. The highest BCUT2D eigenvalue weighted by atomic mass is 16.5. The molecule has 0 amide bonds. The number of rotatable bonds is 2. The van der Waals surface area contributed by atoms with Gasteiger partial charge in [-0.25, -0.2) is 0 Å². The summed E-state index contributed by atoms with van der Waals surface area (Å²) in [5.41, 5.74) is 16.4. The lowest BCUT2D eigenvalue weighted by Gasteiger charge is -2.26. The molecule has 0 fully saturated rings. The zero-order chi connectivity index (χ0) is 12.6. The fourth-order valence-corrected chi connectivity index (χ4v) is 1.76. The number of benzene rings is 1. The average molecular weight is 238 g/mol. The maximum atomic E-state index is 9.33. The largest absolute Gasteiger partial charge is 0.491 e. The van der Waals surface area contributed by atoms with Crippen LogP contribution in [0.25, 0.3) is 6.08 Å². The van der Waals surface area contributed by atoms with Crippen molar-refractivity contribution in [3.05, 3.63) is 11.8 Å². The van der Waals surface area contributed by atoms with Crippen LogP contribution in [0.5, 0.6) is 11.5 Å². The number of hydrazine groups is 1. The van der Waals surface area contributed by atoms with Crippen LogP contribution in [0.1, 0.15) is 5.56 Å². The average Bonchev–Trinajstić information content (AvgIpc) is 2.33. The van der Waals surface area contributed by atoms with Gasteiger partial charge in [0.2, 0.25) is 0 Å². The van der Waals surface area contributed by atoms with E-state index >= 15 is 0 Å². The van der Waals surface area contributed by atoms with Crippen molar-refractivity contribution in [2.45, 2.75) is 0 Å². The Hall–Kier alpha value is -2.28. The van der Waals surface area contributed by atoms with Gasteiger partial charge in [0.15, 0.2) is 11.5 Å². The second-order valence-corrected chi connectivity index (χ2v) is 3.45. The molecule has 0 saturated carbocycles. The van der Waals surface area contributed by atoms with Crippen LogP contribution in [-0.4, -0.2) is 24.6 Å². The summed E-state index contributed by atoms with van der Waals surface area (Å²) in [6.07, 6.45) is 3.03. The molecule has 7 heteroatoms. The van der Waals surface area contributed by atoms with Gasteiger partial charge in [-0.15, -0.1) is 0 Å². The van der Waals surface area contributed by atoms with Crippen LogP contribution in [0.3, 0.4) is 0 Å². The van der Waals surface area contributed by atoms with Crippen molar-refractivity contribution < 1.29 is 14.7 Å². The lowest BCUT2D eigenvalue weighted by molar-refractivity contribution is -0.0140. The third kappa shape index (κ3) is 1.56. The number of nitrogens with one attached hydrogen (secondary N) is 1. The molecule has 0 spiro atoms. The molecule has 1 heterocycles. The third-order valence-corrected chi connectivity index (χ3v) is 2.54. The van der Waals surface area contributed by atoms with Crippen LogP contribution in [-0.2, 0) is 0 Å². The van der Waals surface area contributed by atoms with Crippen LogP contribution < -0.4 is 26.4 Å². The zero-order valence-electron chi connectivity index (χ0n) is 9.52. The van der Waals surface area contributed by atoms with Gasteiger partial charge in [0.25, 0.3) is 0 Å². The molecule has 17 heavy (non-hydrogen) atoms. The van der Waals surface area contributed by atoms with Crippen LogP contribution in [0.4, 0.5) is 17.1 Å². The van der Waals surface area contributed by atoms with E-state index in [1.165, 1.54) is 20.4 Å². The predicted molar refractivity (Wildman–Crippen MR) is 64.7 cm³/mol. The van der Waals surface area contributed by atoms with Crippen molar-refractivity contribution in [3.63, 3.8) is 0 Å². The topological polar surface area (TPSA) is 106 Å². The molecule has 0 atom stereocenters. The standard InChI is InChI=1S/C10H14N4O3/c1-16-9-6(11)5-3-4-14(15)13-8(5)7(12)10(9)17-2/h3-4,13,15H,11-12H2,1-2H3. The lowest BCUT2D eigenvalue weighted by Crippen LogP contribution is -2.24. The molecule has 0 saturated heterocycles. The molecule has 1 aromatic rings. The minimum Gasteiger partial charge on any atom is -0.491 e. The molecule has 1 aliphatic rings. The van der Waals surface area contributed by atoms with Gasteiger partial charge in [-0.3, -0.25) is 10.6 Å². The Kier molecular flexibility index (Phi) is 2.60. The summed E-state index contributed by atoms with van der Waals surface area (Å²) < 4.78 is 10.3. The minimum absolute atomic E-state index is 0.317. The summed E-state index contributed by atoms with van der Waals surface area (Å²) in [7, 11) is 2.95. The van der Waals surface area contributed by atoms with Crippen molar-refractivity contribution in [1.29, 1.82) is 0 Å². The number of anilines is 3. The van der Waals surface area contributed by atoms with E-state index in [0.29, 0.717) is 34.1 Å². The smallest absolute Gasteiger partial charge is 0.188 e. The quantitative estimate of drug-likeness (QED) is 0.566. The summed E-state index contributed by atoms with van der Waals surface area (Å²) in [6, 6.07) is 0. The van der Waals surface area contributed by atoms with Crippen molar-refractivity contribution in [2.24, 2.45) is 0 Å². The van der Waals surface area contributed by atoms with E-state index in [0.717, 1.165) is 5.17 Å². The van der Waals surface area contributed by atoms with Gasteiger partial charge in [0.05, 0.1) is 31.8 Å². The first-order valence-corrected chi connectivity index (χ1v) is 4.86. The molecule has 0 unspecified atom stereocenters. The van der Waals surface area contributed by atoms with Gasteiger partial charge < -0.3 is 20.9 Å². The fraction of sp³-hybridized carbons (Fsp3) is 0.200. The zero-order valence-corrected chi connectivity index (χ0v) is 9.52. The van der Waals surface area contributed by atoms with Crippen molar-refractivity contribution in [2.75, 3.05) is 31.1 Å². The van der Waals surface area contributed by atoms with Crippen LogP contribution >= 0.6 is 0 Å². The molecular formula is C10H14N4O3. The molecule has 7 nitrogen and oxygen atoms in total. The van der Waals surface area contributed by atoms with Gasteiger partial charge in [0.1, 0.15) is 5.69 Å². The number of methoxy groups -OCH3 is 2. The van der Waals surface area contributed by atoms with Crippen LogP contribution in [0.15, 0.2) is 6.20 Å². The first kappa shape index (κ1) is 11.2. The summed E-state index contributed by atoms with van der Waals surface area (Å²) in [5, 5.41) is 10.1. The Labute approximate surface area is 98.1 Å². The van der Waals surface area contributed by atoms with E-state index in [2.05, 4.69) is 5.43 Å². The van der Waals surface area contributed by atoms with Gasteiger partial charge >= 0.3 is 0 Å². The molecule has 2 rings (SSSR count). The summed E-state index contributed by atoms with van der Waals surface area (Å²) in [5.74, 6) is 0.710. The first-order valence-electron chi connectivity index (χ1n) is 4.86. The van der Waals surface area contributed by atoms with E-state index < -0.39 is 0 Å². The number of hydroxylamine groups is 1. The molecule has 6 N–H and O–H groups in total. The van der Waals surface area contributed by atoms with Crippen LogP contribution in [0.2, 0.25) is 0 Å². The molecular weight excluding hydrogens is 224 g/mol. The Balaban J connectivity index is 2.72. The number of fused-ring (bicyclic) bond motifs is 1. The van der Waals surface area contributed by atoms with Crippen molar-refractivity contribution >= 4 is 23.1 Å². The second kappa shape index (κ2) is 3.95. The number of ether oxygens (including phenoxy) is 2. The van der Waals surface area contributed by atoms with Gasteiger partial charge in [0, 0.05) is 5.56 Å². The molecule has 0 aliphatic carbocycles. The maximum absolute atomic E-state index is 9.33. The van der Waals surface area contributed by atoms with Gasteiger partial charge in [-0.1, -0.05) is 0 Å². The predicted octanol–water partition coefficient (Wildman–Crippen LogP) is 0.871. The summed E-state index contributed by atoms with van der Waals surface area (Å²) >= 11 is 0. The summed E-state index contributed by atoms with van der Waals surface area (Å²) in [4.78, 5) is 0. The highest BCUT2D eigenvalue weighted by Crippen LogP contribution is 2.48. The molecule has 0 bridgehead atoms. The highest BCUT2D eigenvalue weighted by molar-refractivity contribution is 5.94. The normalized spacial score (nSPS) is 13.0. The van der Waals surface area contributed by atoms with Gasteiger partial charge in [-0.2, -0.15) is 5.17 Å². The monoisotopic (exact) mass is 238 g/mol. The fourth-order valence-electron chi connectivity index (χ4n) is 1.76. The second-order valence-electron chi connectivity index (χ2n) is 3.45. The number of hydrogen-bond acceptors (Lipinski definition) is 7. The van der Waals surface area contributed by atoms with E-state index in [1.54, 1.807) is 6.08 Å².